The number of nitrogens with zero attached hydrogens (tertiary/aromatic N) is 1. The van der Waals surface area contributed by atoms with E-state index in [0.717, 1.165) is 6.20 Å². The number of rotatable bonds is 1. The van der Waals surface area contributed by atoms with Crippen molar-refractivity contribution in [3.63, 3.8) is 0 Å². The van der Waals surface area contributed by atoms with Crippen LogP contribution in [-0.4, -0.2) is 15.1 Å². The molecule has 2 rings (SSSR count). The van der Waals surface area contributed by atoms with Crippen molar-refractivity contribution in [2.24, 2.45) is 0 Å². The van der Waals surface area contributed by atoms with Crippen LogP contribution in [0, 0.1) is 0 Å². The zero-order chi connectivity index (χ0) is 11.8. The number of alkyl halides is 3. The number of aromatic hydroxyl groups is 1. The molecule has 1 aromatic heterocycles. The van der Waals surface area contributed by atoms with Gasteiger partial charge < -0.3 is 10.1 Å². The highest BCUT2D eigenvalue weighted by Gasteiger charge is 2.34. The Labute approximate surface area is 88.6 Å². The summed E-state index contributed by atoms with van der Waals surface area (Å²) >= 11 is 0. The van der Waals surface area contributed by atoms with Crippen LogP contribution >= 0.6 is 0 Å². The zero-order valence-corrected chi connectivity index (χ0v) is 7.92. The molecule has 6 heteroatoms. The Morgan fingerprint density at radius 3 is 2.56 bits per heavy atom. The van der Waals surface area contributed by atoms with Crippen molar-refractivity contribution < 1.29 is 18.3 Å². The molecule has 0 aliphatic carbocycles. The average molecular weight is 228 g/mol. The Bertz CT molecular complexity index is 505. The second-order valence-corrected chi connectivity index (χ2v) is 3.19. The zero-order valence-electron chi connectivity index (χ0n) is 7.92. The maximum absolute atomic E-state index is 12.3. The van der Waals surface area contributed by atoms with Gasteiger partial charge in [0.25, 0.3) is 0 Å². The van der Waals surface area contributed by atoms with Gasteiger partial charge >= 0.3 is 6.18 Å². The Balaban J connectivity index is 2.39. The summed E-state index contributed by atoms with van der Waals surface area (Å²) in [6.45, 7) is 0. The first-order valence-electron chi connectivity index (χ1n) is 4.38. The summed E-state index contributed by atoms with van der Waals surface area (Å²) in [4.78, 5) is 5.38. The lowest BCUT2D eigenvalue weighted by Gasteiger charge is -2.01. The number of halogens is 3. The molecule has 84 valence electrons. The third-order valence-electron chi connectivity index (χ3n) is 2.00. The number of phenols is 1. The summed E-state index contributed by atoms with van der Waals surface area (Å²) in [5.41, 5.74) is 0.659. The molecule has 2 aromatic rings. The van der Waals surface area contributed by atoms with Gasteiger partial charge in [-0.1, -0.05) is 12.1 Å². The molecule has 0 bridgehead atoms. The molecule has 0 radical (unpaired) electrons. The van der Waals surface area contributed by atoms with Gasteiger partial charge in [0.15, 0.2) is 0 Å². The highest BCUT2D eigenvalue weighted by Crippen LogP contribution is 2.29. The topological polar surface area (TPSA) is 48.9 Å². The van der Waals surface area contributed by atoms with Crippen LogP contribution in [0.25, 0.3) is 11.3 Å². The Kier molecular flexibility index (Phi) is 2.34. The maximum Gasteiger partial charge on any atom is 0.449 e. The molecular formula is C10H7F3N2O. The number of phenolic OH excluding ortho intramolecular Hbond substituents is 1. The fourth-order valence-electron chi connectivity index (χ4n) is 1.29. The van der Waals surface area contributed by atoms with Gasteiger partial charge in [-0.15, -0.1) is 0 Å². The number of imidazole rings is 1. The van der Waals surface area contributed by atoms with Gasteiger partial charge in [0.05, 0.1) is 11.9 Å². The monoisotopic (exact) mass is 228 g/mol. The molecule has 0 saturated carbocycles. The van der Waals surface area contributed by atoms with Crippen LogP contribution in [-0.2, 0) is 6.18 Å². The number of hydrogen-bond donors (Lipinski definition) is 2. The van der Waals surface area contributed by atoms with Crippen LogP contribution < -0.4 is 0 Å². The van der Waals surface area contributed by atoms with Crippen molar-refractivity contribution in [2.45, 2.75) is 6.18 Å². The van der Waals surface area contributed by atoms with Gasteiger partial charge in [0.1, 0.15) is 5.75 Å². The number of H-pyrrole nitrogens is 1. The van der Waals surface area contributed by atoms with Gasteiger partial charge in [-0.3, -0.25) is 0 Å². The summed E-state index contributed by atoms with van der Waals surface area (Å²) in [5.74, 6) is -1.06. The molecule has 0 aliphatic rings. The summed E-state index contributed by atoms with van der Waals surface area (Å²) in [6.07, 6.45) is -3.41. The molecule has 1 heterocycles. The van der Waals surface area contributed by atoms with Crippen molar-refractivity contribution in [3.8, 4) is 17.0 Å². The highest BCUT2D eigenvalue weighted by molar-refractivity contribution is 5.60. The quantitative estimate of drug-likeness (QED) is 0.788. The first-order chi connectivity index (χ1) is 7.47. The number of benzene rings is 1. The first-order valence-corrected chi connectivity index (χ1v) is 4.38. The van der Waals surface area contributed by atoms with Crippen molar-refractivity contribution in [1.82, 2.24) is 9.97 Å². The molecule has 0 unspecified atom stereocenters. The number of aromatic nitrogens is 2. The fourth-order valence-corrected chi connectivity index (χ4v) is 1.29. The van der Waals surface area contributed by atoms with Gasteiger partial charge in [0.2, 0.25) is 5.82 Å². The fraction of sp³-hybridized carbons (Fsp3) is 0.100. The van der Waals surface area contributed by atoms with E-state index >= 15 is 0 Å². The molecule has 3 nitrogen and oxygen atoms in total. The molecule has 2 N–H and O–H groups in total. The minimum absolute atomic E-state index is 0.0133. The normalized spacial score (nSPS) is 11.7. The number of hydrogen-bond acceptors (Lipinski definition) is 2. The summed E-state index contributed by atoms with van der Waals surface area (Å²) in [5, 5.41) is 9.18. The molecular weight excluding hydrogens is 221 g/mol. The predicted molar refractivity (Wildman–Crippen MR) is 50.7 cm³/mol. The van der Waals surface area contributed by atoms with E-state index in [0.29, 0.717) is 5.56 Å². The number of nitrogens with one attached hydrogen (secondary N) is 1. The van der Waals surface area contributed by atoms with Crippen molar-refractivity contribution in [1.29, 1.82) is 0 Å². The molecule has 0 amide bonds. The molecule has 0 saturated heterocycles. The van der Waals surface area contributed by atoms with Gasteiger partial charge in [-0.05, 0) is 12.1 Å². The van der Waals surface area contributed by atoms with Gasteiger partial charge in [-0.2, -0.15) is 13.2 Å². The van der Waals surface area contributed by atoms with Crippen LogP contribution in [0.4, 0.5) is 13.2 Å². The van der Waals surface area contributed by atoms with Crippen LogP contribution in [0.2, 0.25) is 0 Å². The van der Waals surface area contributed by atoms with E-state index in [1.54, 1.807) is 12.1 Å². The Hall–Kier alpha value is -1.98. The summed E-state index contributed by atoms with van der Waals surface area (Å²) in [7, 11) is 0. The average Bonchev–Trinajstić information content (AvgIpc) is 2.65. The second kappa shape index (κ2) is 3.55. The lowest BCUT2D eigenvalue weighted by Crippen LogP contribution is -2.07. The standard InChI is InChI=1S/C10H7F3N2O/c11-10(12,13)9-14-5-8(15-9)6-2-1-3-7(16)4-6/h1-5,16H,(H,14,15). The number of aromatic amines is 1. The largest absolute Gasteiger partial charge is 0.508 e. The van der Waals surface area contributed by atoms with Crippen LogP contribution in [0.15, 0.2) is 30.5 Å². The Morgan fingerprint density at radius 2 is 2.00 bits per heavy atom. The molecule has 0 fully saturated rings. The molecule has 1 aromatic carbocycles. The van der Waals surface area contributed by atoms with Crippen molar-refractivity contribution >= 4 is 0 Å². The summed E-state index contributed by atoms with van der Waals surface area (Å²) < 4.78 is 36.8. The molecule has 0 atom stereocenters. The van der Waals surface area contributed by atoms with E-state index in [1.165, 1.54) is 12.1 Å². The lowest BCUT2D eigenvalue weighted by molar-refractivity contribution is -0.144. The summed E-state index contributed by atoms with van der Waals surface area (Å²) in [6, 6.07) is 5.91. The van der Waals surface area contributed by atoms with E-state index in [9.17, 15) is 18.3 Å². The van der Waals surface area contributed by atoms with Crippen LogP contribution in [0.3, 0.4) is 0 Å². The minimum Gasteiger partial charge on any atom is -0.508 e. The SMILES string of the molecule is Oc1cccc(-c2cnc(C(F)(F)F)[nH]2)c1. The first kappa shape index (κ1) is 10.5. The van der Waals surface area contributed by atoms with Gasteiger partial charge in [0, 0.05) is 5.56 Å². The smallest absolute Gasteiger partial charge is 0.449 e. The van der Waals surface area contributed by atoms with Crippen molar-refractivity contribution in [3.05, 3.63) is 36.3 Å². The van der Waals surface area contributed by atoms with E-state index < -0.39 is 12.0 Å². The van der Waals surface area contributed by atoms with Crippen molar-refractivity contribution in [2.75, 3.05) is 0 Å². The van der Waals surface area contributed by atoms with Crippen LogP contribution in [0.5, 0.6) is 5.75 Å². The van der Waals surface area contributed by atoms with Gasteiger partial charge in [-0.25, -0.2) is 4.98 Å². The van der Waals surface area contributed by atoms with E-state index in [2.05, 4.69) is 9.97 Å². The molecule has 0 spiro atoms. The molecule has 16 heavy (non-hydrogen) atoms. The third-order valence-corrected chi connectivity index (χ3v) is 2.00. The predicted octanol–water partition coefficient (Wildman–Crippen LogP) is 2.80. The second-order valence-electron chi connectivity index (χ2n) is 3.19. The highest BCUT2D eigenvalue weighted by atomic mass is 19.4. The third kappa shape index (κ3) is 2.00. The van der Waals surface area contributed by atoms with E-state index in [1.807, 2.05) is 0 Å². The van der Waals surface area contributed by atoms with E-state index in [-0.39, 0.29) is 11.4 Å². The lowest BCUT2D eigenvalue weighted by atomic mass is 10.2. The molecule has 0 aliphatic heterocycles. The van der Waals surface area contributed by atoms with Crippen LogP contribution in [0.1, 0.15) is 5.82 Å². The maximum atomic E-state index is 12.3. The minimum atomic E-state index is -4.49. The Morgan fingerprint density at radius 1 is 1.25 bits per heavy atom. The van der Waals surface area contributed by atoms with E-state index in [4.69, 9.17) is 0 Å².